The summed E-state index contributed by atoms with van der Waals surface area (Å²) in [4.78, 5) is 15.5. The van der Waals surface area contributed by atoms with Gasteiger partial charge in [0.25, 0.3) is 0 Å². The van der Waals surface area contributed by atoms with Crippen LogP contribution in [0.3, 0.4) is 0 Å². The molecule has 1 saturated carbocycles. The Kier molecular flexibility index (Phi) is 3.36. The summed E-state index contributed by atoms with van der Waals surface area (Å²) in [6.45, 7) is 0. The first kappa shape index (κ1) is 11.7. The summed E-state index contributed by atoms with van der Waals surface area (Å²) in [5.41, 5.74) is 1.02. The van der Waals surface area contributed by atoms with Gasteiger partial charge in [-0.3, -0.25) is 0 Å². The molecule has 0 unspecified atom stereocenters. The van der Waals surface area contributed by atoms with Gasteiger partial charge in [0.1, 0.15) is 5.15 Å². The molecule has 2 rings (SSSR count). The predicted octanol–water partition coefficient (Wildman–Crippen LogP) is 3.44. The second-order valence-corrected chi connectivity index (χ2v) is 4.58. The fraction of sp³-hybridized carbons (Fsp3) is 0.455. The van der Waals surface area contributed by atoms with Gasteiger partial charge in [0.2, 0.25) is 0 Å². The van der Waals surface area contributed by atoms with Crippen LogP contribution in [0.2, 0.25) is 10.2 Å². The van der Waals surface area contributed by atoms with Gasteiger partial charge < -0.3 is 4.74 Å². The number of hydrogen-bond acceptors (Lipinski definition) is 3. The van der Waals surface area contributed by atoms with E-state index in [-0.39, 0.29) is 10.7 Å². The van der Waals surface area contributed by atoms with Gasteiger partial charge >= 0.3 is 5.97 Å². The van der Waals surface area contributed by atoms with Crippen LogP contribution in [0.5, 0.6) is 0 Å². The molecule has 0 bridgehead atoms. The second kappa shape index (κ2) is 4.60. The lowest BCUT2D eigenvalue weighted by atomic mass is 9.82. The molecule has 0 amide bonds. The molecule has 1 heterocycles. The van der Waals surface area contributed by atoms with Gasteiger partial charge in [-0.2, -0.15) is 0 Å². The number of esters is 1. The van der Waals surface area contributed by atoms with Crippen molar-refractivity contribution in [1.82, 2.24) is 4.98 Å². The van der Waals surface area contributed by atoms with Crippen molar-refractivity contribution in [2.75, 3.05) is 7.11 Å². The second-order valence-electron chi connectivity index (χ2n) is 3.81. The maximum absolute atomic E-state index is 11.3. The lowest BCUT2D eigenvalue weighted by Gasteiger charge is -2.25. The fourth-order valence-corrected chi connectivity index (χ4v) is 2.23. The van der Waals surface area contributed by atoms with E-state index in [0.29, 0.717) is 10.9 Å². The highest BCUT2D eigenvalue weighted by Gasteiger charge is 2.25. The number of halogens is 2. The molecule has 1 aliphatic rings. The highest BCUT2D eigenvalue weighted by atomic mass is 35.5. The van der Waals surface area contributed by atoms with Gasteiger partial charge in [-0.1, -0.05) is 29.6 Å². The average molecular weight is 260 g/mol. The van der Waals surface area contributed by atoms with Crippen LogP contribution >= 0.6 is 23.2 Å². The molecule has 16 heavy (non-hydrogen) atoms. The van der Waals surface area contributed by atoms with Crippen molar-refractivity contribution in [3.8, 4) is 0 Å². The Balaban J connectivity index is 2.38. The van der Waals surface area contributed by atoms with Crippen LogP contribution in [0.25, 0.3) is 0 Å². The summed E-state index contributed by atoms with van der Waals surface area (Å²) in [6, 6.07) is 1.54. The first-order chi connectivity index (χ1) is 7.63. The zero-order valence-corrected chi connectivity index (χ0v) is 10.3. The molecule has 1 aromatic rings. The van der Waals surface area contributed by atoms with Crippen molar-refractivity contribution in [3.05, 3.63) is 27.5 Å². The molecule has 1 fully saturated rings. The summed E-state index contributed by atoms with van der Waals surface area (Å²) in [5, 5.41) is 0.660. The molecule has 3 nitrogen and oxygen atoms in total. The fourth-order valence-electron chi connectivity index (χ4n) is 1.70. The minimum atomic E-state index is -0.514. The van der Waals surface area contributed by atoms with Crippen molar-refractivity contribution in [2.24, 2.45) is 0 Å². The third-order valence-corrected chi connectivity index (χ3v) is 3.44. The average Bonchev–Trinajstić information content (AvgIpc) is 2.19. The number of hydrogen-bond donors (Lipinski definition) is 0. The maximum atomic E-state index is 11.3. The molecule has 0 spiro atoms. The molecule has 5 heteroatoms. The predicted molar refractivity (Wildman–Crippen MR) is 62.2 cm³/mol. The van der Waals surface area contributed by atoms with Crippen LogP contribution in [-0.4, -0.2) is 18.1 Å². The number of aromatic nitrogens is 1. The largest absolute Gasteiger partial charge is 0.465 e. The summed E-state index contributed by atoms with van der Waals surface area (Å²) < 4.78 is 4.59. The number of carbonyl (C=O) groups is 1. The van der Waals surface area contributed by atoms with Crippen molar-refractivity contribution < 1.29 is 9.53 Å². The van der Waals surface area contributed by atoms with E-state index in [1.165, 1.54) is 19.6 Å². The van der Waals surface area contributed by atoms with Crippen LogP contribution in [-0.2, 0) is 4.74 Å². The van der Waals surface area contributed by atoms with E-state index < -0.39 is 5.97 Å². The standard InChI is InChI=1S/C11H11Cl2NO2/c1-16-11(15)7-5-8(12)9(14-10(7)13)6-3-2-4-6/h5-6H,2-4H2,1H3. The van der Waals surface area contributed by atoms with Gasteiger partial charge in [0.15, 0.2) is 0 Å². The number of carbonyl (C=O) groups excluding carboxylic acids is 1. The number of methoxy groups -OCH3 is 1. The minimum Gasteiger partial charge on any atom is -0.465 e. The number of nitrogens with zero attached hydrogens (tertiary/aromatic N) is 1. The molecule has 1 aromatic heterocycles. The number of pyridine rings is 1. The lowest BCUT2D eigenvalue weighted by Crippen LogP contribution is -2.13. The quantitative estimate of drug-likeness (QED) is 0.604. The Hall–Kier alpha value is -0.800. The SMILES string of the molecule is COC(=O)c1cc(Cl)c(C2CCC2)nc1Cl. The molecule has 0 atom stereocenters. The first-order valence-corrected chi connectivity index (χ1v) is 5.83. The van der Waals surface area contributed by atoms with E-state index in [0.717, 1.165) is 18.5 Å². The summed E-state index contributed by atoms with van der Waals surface area (Å²) in [6.07, 6.45) is 3.36. The van der Waals surface area contributed by atoms with Crippen molar-refractivity contribution in [1.29, 1.82) is 0 Å². The molecule has 0 N–H and O–H groups in total. The highest BCUT2D eigenvalue weighted by Crippen LogP contribution is 2.39. The van der Waals surface area contributed by atoms with Gasteiger partial charge in [-0.25, -0.2) is 9.78 Å². The van der Waals surface area contributed by atoms with Crippen molar-refractivity contribution in [3.63, 3.8) is 0 Å². The topological polar surface area (TPSA) is 39.2 Å². The van der Waals surface area contributed by atoms with Crippen molar-refractivity contribution >= 4 is 29.2 Å². The Morgan fingerprint density at radius 1 is 1.50 bits per heavy atom. The Morgan fingerprint density at radius 2 is 2.19 bits per heavy atom. The third kappa shape index (κ3) is 2.02. The van der Waals surface area contributed by atoms with Crippen LogP contribution < -0.4 is 0 Å². The molecule has 86 valence electrons. The van der Waals surface area contributed by atoms with Gasteiger partial charge in [0, 0.05) is 5.92 Å². The van der Waals surface area contributed by atoms with Crippen LogP contribution in [0.4, 0.5) is 0 Å². The molecular weight excluding hydrogens is 249 g/mol. The van der Waals surface area contributed by atoms with E-state index in [9.17, 15) is 4.79 Å². The van der Waals surface area contributed by atoms with E-state index in [2.05, 4.69) is 9.72 Å². The van der Waals surface area contributed by atoms with Crippen LogP contribution in [0, 0.1) is 0 Å². The van der Waals surface area contributed by atoms with Gasteiger partial charge in [0.05, 0.1) is 23.4 Å². The summed E-state index contributed by atoms with van der Waals surface area (Å²) >= 11 is 12.0. The van der Waals surface area contributed by atoms with Crippen LogP contribution in [0.1, 0.15) is 41.2 Å². The summed E-state index contributed by atoms with van der Waals surface area (Å²) in [7, 11) is 1.30. The molecule has 0 radical (unpaired) electrons. The Morgan fingerprint density at radius 3 is 2.69 bits per heavy atom. The van der Waals surface area contributed by atoms with Crippen molar-refractivity contribution in [2.45, 2.75) is 25.2 Å². The highest BCUT2D eigenvalue weighted by molar-refractivity contribution is 6.34. The first-order valence-electron chi connectivity index (χ1n) is 5.07. The molecular formula is C11H11Cl2NO2. The van der Waals surface area contributed by atoms with Gasteiger partial charge in [-0.15, -0.1) is 0 Å². The molecule has 0 aliphatic heterocycles. The Labute approximate surface area is 104 Å². The van der Waals surface area contributed by atoms with Crippen LogP contribution in [0.15, 0.2) is 6.07 Å². The minimum absolute atomic E-state index is 0.165. The zero-order chi connectivity index (χ0) is 11.7. The lowest BCUT2D eigenvalue weighted by molar-refractivity contribution is 0.0600. The molecule has 1 aliphatic carbocycles. The smallest absolute Gasteiger partial charge is 0.341 e. The van der Waals surface area contributed by atoms with E-state index in [1.807, 2.05) is 0 Å². The van der Waals surface area contributed by atoms with E-state index >= 15 is 0 Å². The number of rotatable bonds is 2. The van der Waals surface area contributed by atoms with E-state index in [1.54, 1.807) is 0 Å². The zero-order valence-electron chi connectivity index (χ0n) is 8.80. The maximum Gasteiger partial charge on any atom is 0.341 e. The van der Waals surface area contributed by atoms with Gasteiger partial charge in [-0.05, 0) is 18.9 Å². The molecule has 0 aromatic carbocycles. The third-order valence-electron chi connectivity index (χ3n) is 2.85. The molecule has 0 saturated heterocycles. The normalized spacial score (nSPS) is 15.7. The monoisotopic (exact) mass is 259 g/mol. The van der Waals surface area contributed by atoms with E-state index in [4.69, 9.17) is 23.2 Å². The summed E-state index contributed by atoms with van der Waals surface area (Å²) in [5.74, 6) is -0.128. The Bertz CT molecular complexity index is 430. The number of ether oxygens (including phenoxy) is 1.